The Hall–Kier alpha value is -3.75. The zero-order chi connectivity index (χ0) is 22.0. The van der Waals surface area contributed by atoms with E-state index in [1.807, 2.05) is 0 Å². The normalized spacial score (nSPS) is 10.6. The first-order valence-corrected chi connectivity index (χ1v) is 8.74. The monoisotopic (exact) mass is 418 g/mol. The van der Waals surface area contributed by atoms with Crippen LogP contribution >= 0.6 is 0 Å². The van der Waals surface area contributed by atoms with Gasteiger partial charge in [-0.3, -0.25) is 4.79 Å². The van der Waals surface area contributed by atoms with E-state index in [1.165, 1.54) is 54.8 Å². The highest BCUT2D eigenvalue weighted by Crippen LogP contribution is 2.50. The van der Waals surface area contributed by atoms with Crippen molar-refractivity contribution in [3.8, 4) is 51.6 Å². The van der Waals surface area contributed by atoms with Gasteiger partial charge in [0.15, 0.2) is 28.3 Å². The Kier molecular flexibility index (Phi) is 5.81. The summed E-state index contributed by atoms with van der Waals surface area (Å²) in [7, 11) is 8.52. The van der Waals surface area contributed by atoms with Crippen molar-refractivity contribution in [1.29, 1.82) is 0 Å². The molecule has 1 aromatic heterocycles. The molecule has 9 heteroatoms. The highest BCUT2D eigenvalue weighted by molar-refractivity contribution is 5.95. The summed E-state index contributed by atoms with van der Waals surface area (Å²) in [6.45, 7) is 0. The first-order chi connectivity index (χ1) is 14.4. The van der Waals surface area contributed by atoms with Crippen molar-refractivity contribution in [1.82, 2.24) is 0 Å². The number of hydrogen-bond donors (Lipinski definition) is 1. The molecule has 0 aliphatic carbocycles. The summed E-state index contributed by atoms with van der Waals surface area (Å²) in [6.07, 6.45) is 0. The lowest BCUT2D eigenvalue weighted by atomic mass is 10.1. The second kappa shape index (κ2) is 8.32. The predicted molar refractivity (Wildman–Crippen MR) is 109 cm³/mol. The minimum atomic E-state index is -0.406. The molecule has 0 spiro atoms. The molecule has 0 bridgehead atoms. The number of rotatable bonds is 7. The quantitative estimate of drug-likeness (QED) is 0.619. The van der Waals surface area contributed by atoms with Crippen LogP contribution in [0.3, 0.4) is 0 Å². The molecule has 0 radical (unpaired) electrons. The van der Waals surface area contributed by atoms with Crippen LogP contribution in [0.4, 0.5) is 0 Å². The number of benzene rings is 2. The second-order valence-electron chi connectivity index (χ2n) is 6.04. The molecule has 0 unspecified atom stereocenters. The van der Waals surface area contributed by atoms with Crippen molar-refractivity contribution >= 4 is 11.0 Å². The van der Waals surface area contributed by atoms with E-state index in [1.54, 1.807) is 6.07 Å². The Morgan fingerprint density at radius 3 is 1.80 bits per heavy atom. The second-order valence-corrected chi connectivity index (χ2v) is 6.04. The van der Waals surface area contributed by atoms with Crippen molar-refractivity contribution in [2.24, 2.45) is 0 Å². The van der Waals surface area contributed by atoms with Gasteiger partial charge < -0.3 is 37.9 Å². The molecule has 0 amide bonds. The van der Waals surface area contributed by atoms with E-state index in [0.29, 0.717) is 5.56 Å². The van der Waals surface area contributed by atoms with Crippen molar-refractivity contribution in [2.45, 2.75) is 0 Å². The van der Waals surface area contributed by atoms with Crippen LogP contribution in [0.25, 0.3) is 22.3 Å². The van der Waals surface area contributed by atoms with Crippen LogP contribution in [0.2, 0.25) is 0 Å². The number of methoxy groups -OCH3 is 6. The van der Waals surface area contributed by atoms with Crippen LogP contribution in [-0.2, 0) is 0 Å². The lowest BCUT2D eigenvalue weighted by molar-refractivity contribution is 0.307. The van der Waals surface area contributed by atoms with E-state index in [9.17, 15) is 9.90 Å². The molecular weight excluding hydrogens is 396 g/mol. The summed E-state index contributed by atoms with van der Waals surface area (Å²) in [5, 5.41) is 10.4. The maximum atomic E-state index is 13.0. The van der Waals surface area contributed by atoms with Crippen LogP contribution < -0.4 is 33.8 Å². The fourth-order valence-electron chi connectivity index (χ4n) is 3.27. The van der Waals surface area contributed by atoms with Crippen molar-refractivity contribution in [3.63, 3.8) is 0 Å². The van der Waals surface area contributed by atoms with Gasteiger partial charge in [-0.1, -0.05) is 0 Å². The Bertz CT molecular complexity index is 1150. The van der Waals surface area contributed by atoms with Gasteiger partial charge in [0.25, 0.3) is 0 Å². The molecule has 3 rings (SSSR count). The predicted octanol–water partition coefficient (Wildman–Crippen LogP) is 3.22. The minimum absolute atomic E-state index is 0.101. The third kappa shape index (κ3) is 3.18. The van der Waals surface area contributed by atoms with Crippen molar-refractivity contribution in [2.75, 3.05) is 42.7 Å². The molecule has 1 heterocycles. The molecule has 9 nitrogen and oxygen atoms in total. The molecule has 0 aliphatic rings. The average molecular weight is 418 g/mol. The number of hydrogen-bond acceptors (Lipinski definition) is 9. The molecular formula is C21H22O9. The molecule has 0 saturated carbocycles. The number of fused-ring (bicyclic) bond motifs is 1. The van der Waals surface area contributed by atoms with Gasteiger partial charge in [-0.05, 0) is 12.1 Å². The topological polar surface area (TPSA) is 106 Å². The van der Waals surface area contributed by atoms with Crippen LogP contribution in [0.5, 0.6) is 40.2 Å². The molecule has 0 fully saturated rings. The molecule has 3 aromatic rings. The van der Waals surface area contributed by atoms with Gasteiger partial charge in [-0.2, -0.15) is 0 Å². The van der Waals surface area contributed by atoms with Gasteiger partial charge in [-0.25, -0.2) is 0 Å². The van der Waals surface area contributed by atoms with E-state index in [4.69, 9.17) is 32.8 Å². The number of phenolic OH excluding ortho intramolecular Hbond substituents is 1. The van der Waals surface area contributed by atoms with Gasteiger partial charge in [0.1, 0.15) is 11.1 Å². The van der Waals surface area contributed by atoms with E-state index < -0.39 is 5.43 Å². The van der Waals surface area contributed by atoms with Crippen LogP contribution in [0, 0.1) is 0 Å². The van der Waals surface area contributed by atoms with Crippen LogP contribution in [0.15, 0.2) is 27.4 Å². The van der Waals surface area contributed by atoms with Gasteiger partial charge in [0.2, 0.25) is 23.0 Å². The Balaban J connectivity index is 2.41. The van der Waals surface area contributed by atoms with Gasteiger partial charge >= 0.3 is 0 Å². The maximum absolute atomic E-state index is 13.0. The Morgan fingerprint density at radius 1 is 0.700 bits per heavy atom. The van der Waals surface area contributed by atoms with Crippen molar-refractivity contribution in [3.05, 3.63) is 28.4 Å². The SMILES string of the molecule is COc1cc(-c2cc(=O)c3c(OC)c(OC)c(OC)c(OC)c3o2)cc(O)c1OC. The maximum Gasteiger partial charge on any atom is 0.211 e. The highest BCUT2D eigenvalue weighted by atomic mass is 16.5. The summed E-state index contributed by atoms with van der Waals surface area (Å²) < 4.78 is 38.1. The number of phenols is 1. The molecule has 1 N–H and O–H groups in total. The zero-order valence-corrected chi connectivity index (χ0v) is 17.4. The van der Waals surface area contributed by atoms with E-state index in [2.05, 4.69) is 0 Å². The summed E-state index contributed by atoms with van der Waals surface area (Å²) in [5.74, 6) is 1.15. The number of aromatic hydroxyl groups is 1. The molecule has 30 heavy (non-hydrogen) atoms. The summed E-state index contributed by atoms with van der Waals surface area (Å²) in [4.78, 5) is 13.0. The van der Waals surface area contributed by atoms with Gasteiger partial charge in [0.05, 0.1) is 42.7 Å². The van der Waals surface area contributed by atoms with E-state index in [-0.39, 0.29) is 57.0 Å². The number of ether oxygens (including phenoxy) is 6. The first-order valence-electron chi connectivity index (χ1n) is 8.74. The van der Waals surface area contributed by atoms with Crippen LogP contribution in [-0.4, -0.2) is 47.8 Å². The zero-order valence-electron chi connectivity index (χ0n) is 17.4. The fourth-order valence-corrected chi connectivity index (χ4v) is 3.27. The smallest absolute Gasteiger partial charge is 0.211 e. The van der Waals surface area contributed by atoms with Gasteiger partial charge in [-0.15, -0.1) is 0 Å². The van der Waals surface area contributed by atoms with Crippen LogP contribution in [0.1, 0.15) is 0 Å². The molecule has 0 atom stereocenters. The summed E-state index contributed by atoms with van der Waals surface area (Å²) in [6, 6.07) is 4.25. The average Bonchev–Trinajstić information content (AvgIpc) is 2.76. The minimum Gasteiger partial charge on any atom is -0.504 e. The first kappa shape index (κ1) is 21.0. The van der Waals surface area contributed by atoms with Crippen molar-refractivity contribution < 1.29 is 37.9 Å². The largest absolute Gasteiger partial charge is 0.504 e. The Labute approximate surface area is 172 Å². The molecule has 0 aliphatic heterocycles. The summed E-state index contributed by atoms with van der Waals surface area (Å²) in [5.41, 5.74) is 0.0837. The summed E-state index contributed by atoms with van der Waals surface area (Å²) >= 11 is 0. The molecule has 160 valence electrons. The van der Waals surface area contributed by atoms with E-state index >= 15 is 0 Å². The third-order valence-electron chi connectivity index (χ3n) is 4.56. The lowest BCUT2D eigenvalue weighted by Gasteiger charge is -2.18. The molecule has 0 saturated heterocycles. The van der Waals surface area contributed by atoms with E-state index in [0.717, 1.165) is 0 Å². The Morgan fingerprint density at radius 2 is 1.27 bits per heavy atom. The molecule has 2 aromatic carbocycles. The highest BCUT2D eigenvalue weighted by Gasteiger charge is 2.27. The standard InChI is InChI=1S/C21H22O9/c1-24-14-8-10(7-12(23)16(14)25-2)13-9-11(22)15-17(26-3)19(27-4)21(29-6)20(28-5)18(15)30-13/h7-9,23H,1-6H3. The fraction of sp³-hybridized carbons (Fsp3) is 0.286. The van der Waals surface area contributed by atoms with Gasteiger partial charge in [0, 0.05) is 11.6 Å². The third-order valence-corrected chi connectivity index (χ3v) is 4.56. The lowest BCUT2D eigenvalue weighted by Crippen LogP contribution is -2.07.